The number of nitriles is 1. The first-order chi connectivity index (χ1) is 8.60. The first kappa shape index (κ1) is 14.1. The van der Waals surface area contributed by atoms with E-state index in [1.807, 2.05) is 17.9 Å². The Balaban J connectivity index is 2.84. The second-order valence-corrected chi connectivity index (χ2v) is 3.89. The number of carbonyl (C=O) groups is 1. The predicted octanol–water partition coefficient (Wildman–Crippen LogP) is 1.27. The van der Waals surface area contributed by atoms with E-state index in [0.717, 1.165) is 0 Å². The number of nitrogens with one attached hydrogen (secondary N) is 1. The zero-order valence-corrected chi connectivity index (χ0v) is 10.5. The molecule has 5 heteroatoms. The number of hydrogen-bond acceptors (Lipinski definition) is 3. The van der Waals surface area contributed by atoms with Crippen LogP contribution in [0.5, 0.6) is 0 Å². The number of nitrogens with zero attached hydrogens (tertiary/aromatic N) is 2. The normalized spacial score (nSPS) is 10.2. The smallest absolute Gasteiger partial charge is 0.233 e. The summed E-state index contributed by atoms with van der Waals surface area (Å²) in [4.78, 5) is 13.1. The summed E-state index contributed by atoms with van der Waals surface area (Å²) in [6, 6.07) is 6.08. The van der Waals surface area contributed by atoms with Crippen molar-refractivity contribution in [1.82, 2.24) is 10.2 Å². The fourth-order valence-corrected chi connectivity index (χ4v) is 1.60. The topological polar surface area (TPSA) is 56.1 Å². The lowest BCUT2D eigenvalue weighted by atomic mass is 10.1. The number of rotatable bonds is 5. The van der Waals surface area contributed by atoms with Gasteiger partial charge in [0.15, 0.2) is 0 Å². The van der Waals surface area contributed by atoms with Gasteiger partial charge < -0.3 is 5.32 Å². The fourth-order valence-electron chi connectivity index (χ4n) is 1.60. The van der Waals surface area contributed by atoms with Crippen molar-refractivity contribution in [1.29, 1.82) is 5.26 Å². The van der Waals surface area contributed by atoms with Gasteiger partial charge in [-0.3, -0.25) is 9.69 Å². The Morgan fingerprint density at radius 3 is 2.83 bits per heavy atom. The monoisotopic (exact) mass is 249 g/mol. The van der Waals surface area contributed by atoms with Gasteiger partial charge in [-0.25, -0.2) is 4.39 Å². The molecule has 0 unspecified atom stereocenters. The molecular weight excluding hydrogens is 233 g/mol. The van der Waals surface area contributed by atoms with E-state index in [-0.39, 0.29) is 18.3 Å². The van der Waals surface area contributed by atoms with E-state index in [2.05, 4.69) is 5.32 Å². The second-order valence-electron chi connectivity index (χ2n) is 3.89. The molecule has 0 heterocycles. The van der Waals surface area contributed by atoms with E-state index in [4.69, 9.17) is 5.26 Å². The highest BCUT2D eigenvalue weighted by molar-refractivity contribution is 5.77. The molecule has 0 atom stereocenters. The van der Waals surface area contributed by atoms with E-state index >= 15 is 0 Å². The van der Waals surface area contributed by atoms with Crippen molar-refractivity contribution in [3.8, 4) is 6.07 Å². The van der Waals surface area contributed by atoms with Crippen molar-refractivity contribution in [3.63, 3.8) is 0 Å². The molecule has 0 aliphatic rings. The Hall–Kier alpha value is -1.93. The van der Waals surface area contributed by atoms with Gasteiger partial charge in [0.05, 0.1) is 18.2 Å². The first-order valence-electron chi connectivity index (χ1n) is 5.72. The third kappa shape index (κ3) is 3.82. The summed E-state index contributed by atoms with van der Waals surface area (Å²) in [5, 5.41) is 11.5. The maximum Gasteiger partial charge on any atom is 0.233 e. The lowest BCUT2D eigenvalue weighted by molar-refractivity contribution is -0.121. The minimum atomic E-state index is -0.375. The SMILES string of the molecule is CCN(CC(=O)NC)Cc1cc(F)ccc1C#N. The van der Waals surface area contributed by atoms with Crippen molar-refractivity contribution in [3.05, 3.63) is 35.1 Å². The summed E-state index contributed by atoms with van der Waals surface area (Å²) in [5.41, 5.74) is 1.04. The molecule has 0 aliphatic carbocycles. The van der Waals surface area contributed by atoms with Crippen LogP contribution in [0, 0.1) is 17.1 Å². The summed E-state index contributed by atoms with van der Waals surface area (Å²) < 4.78 is 13.2. The molecule has 0 fully saturated rings. The minimum Gasteiger partial charge on any atom is -0.358 e. The molecule has 1 aromatic carbocycles. The van der Waals surface area contributed by atoms with E-state index in [1.54, 1.807) is 7.05 Å². The van der Waals surface area contributed by atoms with Crippen LogP contribution in [0.1, 0.15) is 18.1 Å². The van der Waals surface area contributed by atoms with Crippen LogP contribution < -0.4 is 5.32 Å². The molecule has 96 valence electrons. The summed E-state index contributed by atoms with van der Waals surface area (Å²) in [6.07, 6.45) is 0. The van der Waals surface area contributed by atoms with Crippen LogP contribution in [0.15, 0.2) is 18.2 Å². The largest absolute Gasteiger partial charge is 0.358 e. The van der Waals surface area contributed by atoms with Gasteiger partial charge in [0.2, 0.25) is 5.91 Å². The Morgan fingerprint density at radius 2 is 2.28 bits per heavy atom. The maximum absolute atomic E-state index is 13.2. The third-order valence-corrected chi connectivity index (χ3v) is 2.67. The summed E-state index contributed by atoms with van der Waals surface area (Å²) >= 11 is 0. The quantitative estimate of drug-likeness (QED) is 0.854. The molecule has 0 saturated heterocycles. The molecule has 0 aliphatic heterocycles. The molecule has 0 spiro atoms. The zero-order valence-electron chi connectivity index (χ0n) is 10.5. The van der Waals surface area contributed by atoms with Crippen molar-refractivity contribution < 1.29 is 9.18 Å². The van der Waals surface area contributed by atoms with Gasteiger partial charge in [-0.1, -0.05) is 6.92 Å². The van der Waals surface area contributed by atoms with Gasteiger partial charge in [0.25, 0.3) is 0 Å². The van der Waals surface area contributed by atoms with Crippen molar-refractivity contribution in [2.45, 2.75) is 13.5 Å². The number of amides is 1. The Kier molecular flexibility index (Phi) is 5.28. The van der Waals surface area contributed by atoms with Gasteiger partial charge in [0.1, 0.15) is 5.82 Å². The van der Waals surface area contributed by atoms with E-state index in [0.29, 0.717) is 24.2 Å². The summed E-state index contributed by atoms with van der Waals surface area (Å²) in [6.45, 7) is 3.17. The van der Waals surface area contributed by atoms with E-state index in [9.17, 15) is 9.18 Å². The molecule has 1 aromatic rings. The van der Waals surface area contributed by atoms with Gasteiger partial charge in [-0.15, -0.1) is 0 Å². The molecule has 1 rings (SSSR count). The van der Waals surface area contributed by atoms with Crippen LogP contribution >= 0.6 is 0 Å². The number of carbonyl (C=O) groups excluding carboxylic acids is 1. The highest BCUT2D eigenvalue weighted by Crippen LogP contribution is 2.13. The van der Waals surface area contributed by atoms with Crippen molar-refractivity contribution in [2.24, 2.45) is 0 Å². The first-order valence-corrected chi connectivity index (χ1v) is 5.72. The lowest BCUT2D eigenvalue weighted by Crippen LogP contribution is -2.35. The van der Waals surface area contributed by atoms with Gasteiger partial charge in [-0.2, -0.15) is 5.26 Å². The standard InChI is InChI=1S/C13H16FN3O/c1-3-17(9-13(18)16-2)8-11-6-12(14)5-4-10(11)7-15/h4-6H,3,8-9H2,1-2H3,(H,16,18). The van der Waals surface area contributed by atoms with Crippen LogP contribution in [0.4, 0.5) is 4.39 Å². The van der Waals surface area contributed by atoms with Crippen molar-refractivity contribution >= 4 is 5.91 Å². The predicted molar refractivity (Wildman–Crippen MR) is 66.1 cm³/mol. The van der Waals surface area contributed by atoms with Crippen LogP contribution in [0.25, 0.3) is 0 Å². The van der Waals surface area contributed by atoms with Crippen molar-refractivity contribution in [2.75, 3.05) is 20.1 Å². The molecule has 0 saturated carbocycles. The summed E-state index contributed by atoms with van der Waals surface area (Å²) in [5.74, 6) is -0.480. The molecule has 4 nitrogen and oxygen atoms in total. The second kappa shape index (κ2) is 6.72. The Bertz CT molecular complexity index is 468. The third-order valence-electron chi connectivity index (χ3n) is 2.67. The Morgan fingerprint density at radius 1 is 1.56 bits per heavy atom. The highest BCUT2D eigenvalue weighted by atomic mass is 19.1. The molecule has 0 radical (unpaired) electrons. The highest BCUT2D eigenvalue weighted by Gasteiger charge is 2.11. The van der Waals surface area contributed by atoms with Crippen LogP contribution in [-0.4, -0.2) is 30.9 Å². The average molecular weight is 249 g/mol. The Labute approximate surface area is 106 Å². The van der Waals surface area contributed by atoms with Crippen LogP contribution in [-0.2, 0) is 11.3 Å². The molecule has 0 aromatic heterocycles. The van der Waals surface area contributed by atoms with Gasteiger partial charge in [0, 0.05) is 13.6 Å². The lowest BCUT2D eigenvalue weighted by Gasteiger charge is -2.20. The van der Waals surface area contributed by atoms with Gasteiger partial charge >= 0.3 is 0 Å². The average Bonchev–Trinajstić information content (AvgIpc) is 2.38. The maximum atomic E-state index is 13.2. The molecular formula is C13H16FN3O. The van der Waals surface area contributed by atoms with Crippen LogP contribution in [0.2, 0.25) is 0 Å². The zero-order chi connectivity index (χ0) is 13.5. The van der Waals surface area contributed by atoms with Gasteiger partial charge in [-0.05, 0) is 30.3 Å². The van der Waals surface area contributed by atoms with E-state index in [1.165, 1.54) is 18.2 Å². The molecule has 1 amide bonds. The molecule has 1 N–H and O–H groups in total. The van der Waals surface area contributed by atoms with Crippen LogP contribution in [0.3, 0.4) is 0 Å². The number of hydrogen-bond donors (Lipinski definition) is 1. The summed E-state index contributed by atoms with van der Waals surface area (Å²) in [7, 11) is 1.57. The number of halogens is 1. The molecule has 0 bridgehead atoms. The number of likely N-dealkylation sites (N-methyl/N-ethyl adjacent to an activating group) is 2. The molecule has 18 heavy (non-hydrogen) atoms. The minimum absolute atomic E-state index is 0.105. The fraction of sp³-hybridized carbons (Fsp3) is 0.385. The van der Waals surface area contributed by atoms with E-state index < -0.39 is 0 Å². The number of benzene rings is 1.